The van der Waals surface area contributed by atoms with Gasteiger partial charge in [0.05, 0.1) is 29.1 Å². The van der Waals surface area contributed by atoms with Crippen LogP contribution < -0.4 is 5.56 Å². The van der Waals surface area contributed by atoms with Crippen LogP contribution in [0.25, 0.3) is 23.0 Å². The number of esters is 1. The number of carbonyl (C=O) groups is 1. The molecule has 0 aromatic carbocycles. The normalized spacial score (nSPS) is 11.5. The Balaban J connectivity index is 1.72. The Morgan fingerprint density at radius 2 is 2.09 bits per heavy atom. The van der Waals surface area contributed by atoms with E-state index < -0.39 is 5.97 Å². The molecule has 0 atom stereocenters. The lowest BCUT2D eigenvalue weighted by molar-refractivity contribution is -0.134. The summed E-state index contributed by atoms with van der Waals surface area (Å²) < 4.78 is 6.15. The fourth-order valence-electron chi connectivity index (χ4n) is 3.40. The van der Waals surface area contributed by atoms with E-state index in [9.17, 15) is 9.59 Å². The van der Waals surface area contributed by atoms with Crippen molar-refractivity contribution in [2.45, 2.75) is 32.6 Å². The third-order valence-electron chi connectivity index (χ3n) is 5.24. The van der Waals surface area contributed by atoms with Gasteiger partial charge in [0, 0.05) is 42.0 Å². The zero-order chi connectivity index (χ0) is 23.4. The topological polar surface area (TPSA) is 86.4 Å². The molecule has 8 heteroatoms. The number of ether oxygens (including phenoxy) is 1. The number of nitrogens with zero attached hydrogens (tertiary/aromatic N) is 4. The predicted octanol–water partition coefficient (Wildman–Crippen LogP) is 4.31. The van der Waals surface area contributed by atoms with Gasteiger partial charge in [0.25, 0.3) is 5.56 Å². The van der Waals surface area contributed by atoms with E-state index in [0.717, 1.165) is 29.1 Å². The number of hydrogen-bond donors (Lipinski definition) is 0. The van der Waals surface area contributed by atoms with E-state index in [1.165, 1.54) is 23.7 Å². The van der Waals surface area contributed by atoms with Crippen molar-refractivity contribution >= 4 is 29.0 Å². The SMILES string of the molecule is COC(=O)/C=C/c1c(-c2cccnc2)nc2cc(CCc3nc(C(C)C)cs3)ccn2c1=O. The number of fused-ring (bicyclic) bond motifs is 1. The first-order chi connectivity index (χ1) is 16.0. The summed E-state index contributed by atoms with van der Waals surface area (Å²) in [6.07, 6.45) is 9.31. The average molecular weight is 461 g/mol. The summed E-state index contributed by atoms with van der Waals surface area (Å²) in [6, 6.07) is 7.46. The van der Waals surface area contributed by atoms with Gasteiger partial charge < -0.3 is 4.74 Å². The second kappa shape index (κ2) is 9.87. The summed E-state index contributed by atoms with van der Waals surface area (Å²) in [5.74, 6) is -0.130. The van der Waals surface area contributed by atoms with Gasteiger partial charge in [-0.25, -0.2) is 14.8 Å². The van der Waals surface area contributed by atoms with Crippen molar-refractivity contribution in [1.82, 2.24) is 19.4 Å². The zero-order valence-corrected chi connectivity index (χ0v) is 19.5. The minimum atomic E-state index is -0.546. The van der Waals surface area contributed by atoms with Gasteiger partial charge in [-0.3, -0.25) is 14.2 Å². The standard InChI is InChI=1S/C25H24N4O3S/c1-16(2)20-15-33-22(27-20)8-6-17-10-12-29-21(13-17)28-24(18-5-4-11-26-14-18)19(25(29)31)7-9-23(30)32-3/h4-5,7,9-16H,6,8H2,1-3H3/b9-7+. The Labute approximate surface area is 195 Å². The molecule has 0 radical (unpaired) electrons. The van der Waals surface area contributed by atoms with E-state index in [4.69, 9.17) is 9.97 Å². The number of hydrogen-bond acceptors (Lipinski definition) is 7. The molecule has 0 N–H and O–H groups in total. The summed E-state index contributed by atoms with van der Waals surface area (Å²) in [6.45, 7) is 4.28. The molecule has 7 nitrogen and oxygen atoms in total. The molecular formula is C25H24N4O3S. The Morgan fingerprint density at radius 3 is 2.79 bits per heavy atom. The molecule has 0 fully saturated rings. The first kappa shape index (κ1) is 22.5. The van der Waals surface area contributed by atoms with Crippen LogP contribution in [0.3, 0.4) is 0 Å². The van der Waals surface area contributed by atoms with Crippen LogP contribution in [-0.4, -0.2) is 32.4 Å². The van der Waals surface area contributed by atoms with E-state index in [-0.39, 0.29) is 5.56 Å². The number of carbonyl (C=O) groups excluding carboxylic acids is 1. The van der Waals surface area contributed by atoms with Crippen LogP contribution in [-0.2, 0) is 22.4 Å². The van der Waals surface area contributed by atoms with Crippen LogP contribution >= 0.6 is 11.3 Å². The van der Waals surface area contributed by atoms with Gasteiger partial charge in [-0.2, -0.15) is 0 Å². The molecule has 0 bridgehead atoms. The molecule has 0 aliphatic carbocycles. The monoisotopic (exact) mass is 460 g/mol. The molecule has 4 aromatic heterocycles. The van der Waals surface area contributed by atoms with E-state index >= 15 is 0 Å². The molecule has 4 aromatic rings. The highest BCUT2D eigenvalue weighted by atomic mass is 32.1. The summed E-state index contributed by atoms with van der Waals surface area (Å²) in [7, 11) is 1.29. The van der Waals surface area contributed by atoms with Crippen LogP contribution in [0.1, 0.15) is 41.6 Å². The highest BCUT2D eigenvalue weighted by Gasteiger charge is 2.14. The minimum absolute atomic E-state index is 0.271. The molecule has 168 valence electrons. The van der Waals surface area contributed by atoms with E-state index in [1.807, 2.05) is 18.2 Å². The quantitative estimate of drug-likeness (QED) is 0.302. The highest BCUT2D eigenvalue weighted by molar-refractivity contribution is 7.09. The van der Waals surface area contributed by atoms with E-state index in [1.54, 1.807) is 36.0 Å². The zero-order valence-electron chi connectivity index (χ0n) is 18.7. The van der Waals surface area contributed by atoms with Crippen molar-refractivity contribution < 1.29 is 9.53 Å². The minimum Gasteiger partial charge on any atom is -0.466 e. The maximum absolute atomic E-state index is 13.3. The van der Waals surface area contributed by atoms with E-state index in [0.29, 0.717) is 28.4 Å². The van der Waals surface area contributed by atoms with Gasteiger partial charge in [0.1, 0.15) is 5.65 Å². The smallest absolute Gasteiger partial charge is 0.330 e. The van der Waals surface area contributed by atoms with Crippen LogP contribution in [0.5, 0.6) is 0 Å². The summed E-state index contributed by atoms with van der Waals surface area (Å²) in [5.41, 5.74) is 3.90. The summed E-state index contributed by atoms with van der Waals surface area (Å²) in [4.78, 5) is 38.5. The maximum Gasteiger partial charge on any atom is 0.330 e. The lowest BCUT2D eigenvalue weighted by Gasteiger charge is -2.10. The van der Waals surface area contributed by atoms with Crippen molar-refractivity contribution in [1.29, 1.82) is 0 Å². The number of aromatic nitrogens is 4. The van der Waals surface area contributed by atoms with Crippen LogP contribution in [0.4, 0.5) is 0 Å². The van der Waals surface area contributed by atoms with Crippen molar-refractivity contribution in [2.75, 3.05) is 7.11 Å². The van der Waals surface area contributed by atoms with Crippen LogP contribution in [0, 0.1) is 0 Å². The number of methoxy groups -OCH3 is 1. The molecule has 0 unspecified atom stereocenters. The Morgan fingerprint density at radius 1 is 1.24 bits per heavy atom. The second-order valence-electron chi connectivity index (χ2n) is 7.86. The Bertz CT molecular complexity index is 1370. The van der Waals surface area contributed by atoms with Gasteiger partial charge >= 0.3 is 5.97 Å². The van der Waals surface area contributed by atoms with Gasteiger partial charge in [0.15, 0.2) is 0 Å². The predicted molar refractivity (Wildman–Crippen MR) is 129 cm³/mol. The number of thiazole rings is 1. The Kier molecular flexibility index (Phi) is 6.74. The molecule has 0 amide bonds. The molecule has 33 heavy (non-hydrogen) atoms. The summed E-state index contributed by atoms with van der Waals surface area (Å²) >= 11 is 1.68. The van der Waals surface area contributed by atoms with Crippen LogP contribution in [0.15, 0.2) is 59.1 Å². The fraction of sp³-hybridized carbons (Fsp3) is 0.240. The van der Waals surface area contributed by atoms with Gasteiger partial charge in [0.2, 0.25) is 0 Å². The van der Waals surface area contributed by atoms with E-state index in [2.05, 4.69) is 28.9 Å². The van der Waals surface area contributed by atoms with Gasteiger partial charge in [-0.1, -0.05) is 13.8 Å². The van der Waals surface area contributed by atoms with Crippen molar-refractivity contribution in [3.8, 4) is 11.3 Å². The lowest BCUT2D eigenvalue weighted by atomic mass is 10.1. The largest absolute Gasteiger partial charge is 0.466 e. The van der Waals surface area contributed by atoms with Gasteiger partial charge in [-0.15, -0.1) is 11.3 Å². The van der Waals surface area contributed by atoms with Crippen molar-refractivity contribution in [3.05, 3.63) is 86.5 Å². The average Bonchev–Trinajstić information content (AvgIpc) is 3.32. The first-order valence-corrected chi connectivity index (χ1v) is 11.5. The van der Waals surface area contributed by atoms with Crippen LogP contribution in [0.2, 0.25) is 0 Å². The third-order valence-corrected chi connectivity index (χ3v) is 6.17. The summed E-state index contributed by atoms with van der Waals surface area (Å²) in [5, 5.41) is 3.22. The molecule has 0 spiro atoms. The Hall–Kier alpha value is -3.65. The molecular weight excluding hydrogens is 436 g/mol. The van der Waals surface area contributed by atoms with Gasteiger partial charge in [-0.05, 0) is 48.2 Å². The number of rotatable bonds is 7. The van der Waals surface area contributed by atoms with Crippen molar-refractivity contribution in [3.63, 3.8) is 0 Å². The second-order valence-corrected chi connectivity index (χ2v) is 8.80. The molecule has 0 aliphatic heterocycles. The third kappa shape index (κ3) is 5.06. The molecule has 0 saturated heterocycles. The maximum atomic E-state index is 13.3. The number of aryl methyl sites for hydroxylation is 2. The first-order valence-electron chi connectivity index (χ1n) is 10.6. The van der Waals surface area contributed by atoms with Crippen molar-refractivity contribution in [2.24, 2.45) is 0 Å². The molecule has 4 heterocycles. The molecule has 0 saturated carbocycles. The molecule has 4 rings (SSSR count). The lowest BCUT2D eigenvalue weighted by Crippen LogP contribution is -2.19. The highest BCUT2D eigenvalue weighted by Crippen LogP contribution is 2.22. The number of pyridine rings is 2. The fourth-order valence-corrected chi connectivity index (χ4v) is 4.36. The molecule has 0 aliphatic rings.